The molecule has 0 aliphatic carbocycles. The summed E-state index contributed by atoms with van der Waals surface area (Å²) in [5, 5.41) is 0. The Balaban J connectivity index is 1.74. The number of hydrogen-bond donors (Lipinski definition) is 0. The third-order valence-corrected chi connectivity index (χ3v) is 3.65. The largest absolute Gasteiger partial charge is 0.294 e. The van der Waals surface area contributed by atoms with Gasteiger partial charge in [-0.3, -0.25) is 4.79 Å². The predicted molar refractivity (Wildman–Crippen MR) is 84.1 cm³/mol. The van der Waals surface area contributed by atoms with E-state index in [9.17, 15) is 4.79 Å². The van der Waals surface area contributed by atoms with E-state index in [2.05, 4.69) is 43.3 Å². The maximum absolute atomic E-state index is 12.1. The second-order valence-electron chi connectivity index (χ2n) is 5.17. The smallest absolute Gasteiger partial charge is 0.162 e. The Morgan fingerprint density at radius 1 is 0.850 bits per heavy atom. The average Bonchev–Trinajstić information content (AvgIpc) is 2.52. The van der Waals surface area contributed by atoms with E-state index in [1.54, 1.807) is 0 Å². The lowest BCUT2D eigenvalue weighted by Crippen LogP contribution is -1.99. The summed E-state index contributed by atoms with van der Waals surface area (Å²) in [6, 6.07) is 18.5. The number of hydrogen-bond acceptors (Lipinski definition) is 1. The van der Waals surface area contributed by atoms with E-state index in [1.807, 2.05) is 18.2 Å². The van der Waals surface area contributed by atoms with E-state index in [-0.39, 0.29) is 5.78 Å². The molecule has 0 saturated carbocycles. The van der Waals surface area contributed by atoms with Crippen LogP contribution < -0.4 is 0 Å². The van der Waals surface area contributed by atoms with Crippen molar-refractivity contribution in [3.8, 4) is 0 Å². The number of carbonyl (C=O) groups is 1. The van der Waals surface area contributed by atoms with Crippen LogP contribution in [-0.2, 0) is 12.8 Å². The molecule has 0 spiro atoms. The van der Waals surface area contributed by atoms with Crippen molar-refractivity contribution in [2.24, 2.45) is 0 Å². The first kappa shape index (κ1) is 14.5. The Bertz CT molecular complexity index is 525. The van der Waals surface area contributed by atoms with Gasteiger partial charge in [-0.15, -0.1) is 0 Å². The van der Waals surface area contributed by atoms with Gasteiger partial charge in [0.1, 0.15) is 0 Å². The third kappa shape index (κ3) is 4.34. The zero-order chi connectivity index (χ0) is 14.2. The fourth-order valence-electron chi connectivity index (χ4n) is 2.33. The van der Waals surface area contributed by atoms with Crippen molar-refractivity contribution in [3.63, 3.8) is 0 Å². The standard InChI is InChI=1S/C19H22O/c1-2-16-12-14-18(15-13-16)19(20)11-7-6-10-17-8-4-3-5-9-17/h3-5,8-9,12-15H,2,6-7,10-11H2,1H3. The van der Waals surface area contributed by atoms with Gasteiger partial charge >= 0.3 is 0 Å². The summed E-state index contributed by atoms with van der Waals surface area (Å²) in [6.07, 6.45) is 4.76. The molecule has 0 amide bonds. The van der Waals surface area contributed by atoms with Crippen LogP contribution >= 0.6 is 0 Å². The first-order chi connectivity index (χ1) is 9.79. The van der Waals surface area contributed by atoms with Gasteiger partial charge in [-0.05, 0) is 36.8 Å². The van der Waals surface area contributed by atoms with Crippen LogP contribution in [0.5, 0.6) is 0 Å². The topological polar surface area (TPSA) is 17.1 Å². The van der Waals surface area contributed by atoms with Crippen LogP contribution in [0.3, 0.4) is 0 Å². The molecule has 0 heterocycles. The molecule has 20 heavy (non-hydrogen) atoms. The minimum Gasteiger partial charge on any atom is -0.294 e. The molecule has 1 heteroatoms. The lowest BCUT2D eigenvalue weighted by atomic mass is 10.0. The Kier molecular flexibility index (Phi) is 5.55. The molecule has 0 unspecified atom stereocenters. The van der Waals surface area contributed by atoms with Crippen molar-refractivity contribution in [2.75, 3.05) is 0 Å². The Labute approximate surface area is 121 Å². The van der Waals surface area contributed by atoms with Crippen LogP contribution in [-0.4, -0.2) is 5.78 Å². The minimum atomic E-state index is 0.265. The van der Waals surface area contributed by atoms with E-state index in [1.165, 1.54) is 11.1 Å². The molecular weight excluding hydrogens is 244 g/mol. The van der Waals surface area contributed by atoms with Crippen molar-refractivity contribution >= 4 is 5.78 Å². The Morgan fingerprint density at radius 3 is 2.20 bits per heavy atom. The van der Waals surface area contributed by atoms with E-state index in [0.29, 0.717) is 6.42 Å². The van der Waals surface area contributed by atoms with E-state index < -0.39 is 0 Å². The lowest BCUT2D eigenvalue weighted by molar-refractivity contribution is 0.0979. The Hall–Kier alpha value is -1.89. The van der Waals surface area contributed by atoms with Crippen molar-refractivity contribution < 1.29 is 4.79 Å². The summed E-state index contributed by atoms with van der Waals surface area (Å²) < 4.78 is 0. The molecule has 1 nitrogen and oxygen atoms in total. The van der Waals surface area contributed by atoms with Crippen molar-refractivity contribution in [1.82, 2.24) is 0 Å². The molecule has 2 aromatic carbocycles. The number of aryl methyl sites for hydroxylation is 2. The molecule has 0 aliphatic rings. The molecule has 0 bridgehead atoms. The Morgan fingerprint density at radius 2 is 1.55 bits per heavy atom. The van der Waals surface area contributed by atoms with Crippen LogP contribution in [0.25, 0.3) is 0 Å². The maximum Gasteiger partial charge on any atom is 0.162 e. The highest BCUT2D eigenvalue weighted by molar-refractivity contribution is 5.96. The molecule has 2 aromatic rings. The normalized spacial score (nSPS) is 10.4. The summed E-state index contributed by atoms with van der Waals surface area (Å²) in [5.74, 6) is 0.265. The molecular formula is C19H22O. The third-order valence-electron chi connectivity index (χ3n) is 3.65. The van der Waals surface area contributed by atoms with Crippen LogP contribution in [0.15, 0.2) is 54.6 Å². The summed E-state index contributed by atoms with van der Waals surface area (Å²) in [4.78, 5) is 12.1. The summed E-state index contributed by atoms with van der Waals surface area (Å²) in [5.41, 5.74) is 3.49. The predicted octanol–water partition coefficient (Wildman–Crippen LogP) is 4.84. The highest BCUT2D eigenvalue weighted by atomic mass is 16.1. The first-order valence-electron chi connectivity index (χ1n) is 7.45. The maximum atomic E-state index is 12.1. The highest BCUT2D eigenvalue weighted by Gasteiger charge is 2.05. The van der Waals surface area contributed by atoms with Crippen molar-refractivity contribution in [2.45, 2.75) is 39.0 Å². The molecule has 2 rings (SSSR count). The van der Waals surface area contributed by atoms with Gasteiger partial charge in [0.05, 0.1) is 0 Å². The fourth-order valence-corrected chi connectivity index (χ4v) is 2.33. The van der Waals surface area contributed by atoms with Crippen molar-refractivity contribution in [1.29, 1.82) is 0 Å². The second kappa shape index (κ2) is 7.64. The molecule has 0 radical (unpaired) electrons. The molecule has 0 atom stereocenters. The molecule has 0 aromatic heterocycles. The zero-order valence-corrected chi connectivity index (χ0v) is 12.1. The van der Waals surface area contributed by atoms with Crippen LogP contribution in [0.1, 0.15) is 47.7 Å². The molecule has 0 N–H and O–H groups in total. The van der Waals surface area contributed by atoms with Crippen LogP contribution in [0.4, 0.5) is 0 Å². The zero-order valence-electron chi connectivity index (χ0n) is 12.1. The SMILES string of the molecule is CCc1ccc(C(=O)CCCCc2ccccc2)cc1. The minimum absolute atomic E-state index is 0.265. The summed E-state index contributed by atoms with van der Waals surface area (Å²) in [7, 11) is 0. The van der Waals surface area contributed by atoms with Crippen molar-refractivity contribution in [3.05, 3.63) is 71.3 Å². The number of rotatable bonds is 7. The number of benzene rings is 2. The monoisotopic (exact) mass is 266 g/mol. The van der Waals surface area contributed by atoms with Gasteiger partial charge in [-0.2, -0.15) is 0 Å². The average molecular weight is 266 g/mol. The number of unbranched alkanes of at least 4 members (excludes halogenated alkanes) is 1. The molecule has 104 valence electrons. The lowest BCUT2D eigenvalue weighted by Gasteiger charge is -2.03. The van der Waals surface area contributed by atoms with Gasteiger partial charge in [0.15, 0.2) is 5.78 Å². The van der Waals surface area contributed by atoms with Gasteiger partial charge in [0.25, 0.3) is 0 Å². The van der Waals surface area contributed by atoms with Gasteiger partial charge in [-0.25, -0.2) is 0 Å². The molecule has 0 saturated heterocycles. The number of Topliss-reactive ketones (excluding diaryl/α,β-unsaturated/α-hetero) is 1. The first-order valence-corrected chi connectivity index (χ1v) is 7.45. The van der Waals surface area contributed by atoms with E-state index in [0.717, 1.165) is 31.2 Å². The quantitative estimate of drug-likeness (QED) is 0.517. The number of carbonyl (C=O) groups excluding carboxylic acids is 1. The van der Waals surface area contributed by atoms with Crippen LogP contribution in [0, 0.1) is 0 Å². The number of ketones is 1. The molecule has 0 aliphatic heterocycles. The van der Waals surface area contributed by atoms with Gasteiger partial charge in [-0.1, -0.05) is 61.5 Å². The fraction of sp³-hybridized carbons (Fsp3) is 0.316. The van der Waals surface area contributed by atoms with E-state index >= 15 is 0 Å². The highest BCUT2D eigenvalue weighted by Crippen LogP contribution is 2.11. The van der Waals surface area contributed by atoms with Gasteiger partial charge < -0.3 is 0 Å². The summed E-state index contributed by atoms with van der Waals surface area (Å²) in [6.45, 7) is 2.13. The second-order valence-corrected chi connectivity index (χ2v) is 5.17. The molecule has 0 fully saturated rings. The van der Waals surface area contributed by atoms with E-state index in [4.69, 9.17) is 0 Å². The van der Waals surface area contributed by atoms with Gasteiger partial charge in [0, 0.05) is 12.0 Å². The summed E-state index contributed by atoms with van der Waals surface area (Å²) >= 11 is 0. The van der Waals surface area contributed by atoms with Gasteiger partial charge in [0.2, 0.25) is 0 Å². The van der Waals surface area contributed by atoms with Crippen LogP contribution in [0.2, 0.25) is 0 Å².